The Kier molecular flexibility index (Phi) is 5.31. The van der Waals surface area contributed by atoms with E-state index in [1.54, 1.807) is 10.9 Å². The highest BCUT2D eigenvalue weighted by molar-refractivity contribution is 5.70. The molecule has 0 saturated carbocycles. The van der Waals surface area contributed by atoms with Crippen LogP contribution in [0, 0.1) is 13.8 Å². The molecule has 7 nitrogen and oxygen atoms in total. The van der Waals surface area contributed by atoms with Crippen LogP contribution in [0.5, 0.6) is 0 Å². The molecule has 0 amide bonds. The quantitative estimate of drug-likeness (QED) is 0.773. The van der Waals surface area contributed by atoms with E-state index in [1.807, 2.05) is 33.2 Å². The summed E-state index contributed by atoms with van der Waals surface area (Å²) in [5.74, 6) is 1.54. The summed E-state index contributed by atoms with van der Waals surface area (Å²) >= 11 is 0. The Hall–Kier alpha value is -2.44. The molecule has 134 valence electrons. The molecule has 0 spiro atoms. The summed E-state index contributed by atoms with van der Waals surface area (Å²) in [6.07, 6.45) is 6.57. The summed E-state index contributed by atoms with van der Waals surface area (Å²) in [4.78, 5) is 23.2. The van der Waals surface area contributed by atoms with E-state index in [1.165, 1.54) is 0 Å². The zero-order valence-electron chi connectivity index (χ0n) is 15.1. The van der Waals surface area contributed by atoms with Crippen molar-refractivity contribution in [2.75, 3.05) is 18.0 Å². The number of carbonyl (C=O) groups is 1. The van der Waals surface area contributed by atoms with Gasteiger partial charge in [-0.05, 0) is 38.7 Å². The second-order valence-corrected chi connectivity index (χ2v) is 6.64. The number of esters is 1. The molecule has 1 fully saturated rings. The minimum Gasteiger partial charge on any atom is -0.460 e. The zero-order chi connectivity index (χ0) is 17.8. The Labute approximate surface area is 148 Å². The van der Waals surface area contributed by atoms with Crippen LogP contribution in [0.3, 0.4) is 0 Å². The van der Waals surface area contributed by atoms with Gasteiger partial charge in [-0.15, -0.1) is 0 Å². The number of piperidine rings is 1. The van der Waals surface area contributed by atoms with Crippen LogP contribution in [0.4, 0.5) is 5.82 Å². The fourth-order valence-corrected chi connectivity index (χ4v) is 3.19. The van der Waals surface area contributed by atoms with Gasteiger partial charge in [0.25, 0.3) is 0 Å². The minimum absolute atomic E-state index is 0.0780. The van der Waals surface area contributed by atoms with Crippen LogP contribution in [-0.2, 0) is 23.0 Å². The van der Waals surface area contributed by atoms with Gasteiger partial charge in [0.15, 0.2) is 0 Å². The van der Waals surface area contributed by atoms with Gasteiger partial charge in [0.05, 0.1) is 12.7 Å². The lowest BCUT2D eigenvalue weighted by atomic mass is 10.1. The number of anilines is 1. The summed E-state index contributed by atoms with van der Waals surface area (Å²) in [5, 5.41) is 4.11. The van der Waals surface area contributed by atoms with Crippen LogP contribution in [-0.4, -0.2) is 44.9 Å². The van der Waals surface area contributed by atoms with E-state index in [0.717, 1.165) is 42.3 Å². The minimum atomic E-state index is -0.147. The van der Waals surface area contributed by atoms with E-state index in [4.69, 9.17) is 4.74 Å². The summed E-state index contributed by atoms with van der Waals surface area (Å²) in [5.41, 5.74) is 2.01. The van der Waals surface area contributed by atoms with Crippen molar-refractivity contribution in [2.24, 2.45) is 7.05 Å². The van der Waals surface area contributed by atoms with Crippen molar-refractivity contribution in [3.05, 3.63) is 35.5 Å². The fraction of sp³-hybridized carbons (Fsp3) is 0.556. The average Bonchev–Trinajstić information content (AvgIpc) is 2.98. The number of nitrogens with zero attached hydrogens (tertiary/aromatic N) is 5. The first-order chi connectivity index (χ1) is 12.0. The molecule has 3 rings (SSSR count). The number of rotatable bonds is 5. The normalized spacial score (nSPS) is 17.6. The maximum absolute atomic E-state index is 12.1. The smallest absolute Gasteiger partial charge is 0.306 e. The van der Waals surface area contributed by atoms with Gasteiger partial charge in [-0.3, -0.25) is 9.48 Å². The molecule has 2 aromatic rings. The van der Waals surface area contributed by atoms with Gasteiger partial charge < -0.3 is 9.64 Å². The van der Waals surface area contributed by atoms with Crippen molar-refractivity contribution in [2.45, 2.75) is 45.6 Å². The van der Waals surface area contributed by atoms with Crippen LogP contribution in [0.15, 0.2) is 18.5 Å². The van der Waals surface area contributed by atoms with E-state index in [2.05, 4.69) is 20.0 Å². The summed E-state index contributed by atoms with van der Waals surface area (Å²) in [6, 6.07) is 1.99. The first-order valence-corrected chi connectivity index (χ1v) is 8.74. The highest BCUT2D eigenvalue weighted by Gasteiger charge is 2.24. The molecule has 25 heavy (non-hydrogen) atoms. The lowest BCUT2D eigenvalue weighted by molar-refractivity contribution is -0.149. The fourth-order valence-electron chi connectivity index (χ4n) is 3.19. The number of aryl methyl sites for hydroxylation is 4. The Morgan fingerprint density at radius 2 is 2.20 bits per heavy atom. The van der Waals surface area contributed by atoms with Crippen molar-refractivity contribution >= 4 is 11.8 Å². The maximum atomic E-state index is 12.1. The van der Waals surface area contributed by atoms with Crippen LogP contribution in [0.1, 0.15) is 36.3 Å². The first-order valence-electron chi connectivity index (χ1n) is 8.74. The number of ether oxygens (including phenoxy) is 1. The van der Waals surface area contributed by atoms with Crippen molar-refractivity contribution in [1.82, 2.24) is 19.7 Å². The van der Waals surface area contributed by atoms with Gasteiger partial charge in [0.1, 0.15) is 17.7 Å². The highest BCUT2D eigenvalue weighted by atomic mass is 16.5. The lowest BCUT2D eigenvalue weighted by Crippen LogP contribution is -2.41. The van der Waals surface area contributed by atoms with E-state index in [-0.39, 0.29) is 12.1 Å². The topological polar surface area (TPSA) is 73.1 Å². The molecule has 1 atom stereocenters. The van der Waals surface area contributed by atoms with Gasteiger partial charge in [0, 0.05) is 38.0 Å². The molecule has 3 heterocycles. The average molecular weight is 343 g/mol. The van der Waals surface area contributed by atoms with Crippen LogP contribution >= 0.6 is 0 Å². The number of aromatic nitrogens is 4. The zero-order valence-corrected chi connectivity index (χ0v) is 15.1. The van der Waals surface area contributed by atoms with Crippen LogP contribution in [0.25, 0.3) is 0 Å². The number of hydrogen-bond donors (Lipinski definition) is 0. The van der Waals surface area contributed by atoms with Crippen molar-refractivity contribution in [3.8, 4) is 0 Å². The summed E-state index contributed by atoms with van der Waals surface area (Å²) in [6.45, 7) is 5.49. The Morgan fingerprint density at radius 3 is 2.92 bits per heavy atom. The molecule has 7 heteroatoms. The molecule has 0 N–H and O–H groups in total. The number of hydrogen-bond acceptors (Lipinski definition) is 6. The maximum Gasteiger partial charge on any atom is 0.306 e. The highest BCUT2D eigenvalue weighted by Crippen LogP contribution is 2.20. The predicted molar refractivity (Wildman–Crippen MR) is 94.4 cm³/mol. The molecule has 2 aromatic heterocycles. The molecular weight excluding hydrogens is 318 g/mol. The first kappa shape index (κ1) is 17.4. The molecule has 0 radical (unpaired) electrons. The second-order valence-electron chi connectivity index (χ2n) is 6.64. The Morgan fingerprint density at radius 1 is 1.36 bits per heavy atom. The van der Waals surface area contributed by atoms with Crippen molar-refractivity contribution in [3.63, 3.8) is 0 Å². The molecule has 0 aliphatic carbocycles. The third-order valence-corrected chi connectivity index (χ3v) is 4.33. The SMILES string of the molecule is Cc1cc(N2CCC[C@@H](OC(=O)CCc3cnn(C)c3)C2)nc(C)n1. The molecule has 0 bridgehead atoms. The van der Waals surface area contributed by atoms with Crippen molar-refractivity contribution in [1.29, 1.82) is 0 Å². The van der Waals surface area contributed by atoms with E-state index in [0.29, 0.717) is 19.4 Å². The van der Waals surface area contributed by atoms with E-state index < -0.39 is 0 Å². The van der Waals surface area contributed by atoms with Gasteiger partial charge in [-0.1, -0.05) is 0 Å². The molecule has 0 aromatic carbocycles. The molecular formula is C18H25N5O2. The Balaban J connectivity index is 1.53. The summed E-state index contributed by atoms with van der Waals surface area (Å²) < 4.78 is 7.42. The van der Waals surface area contributed by atoms with Gasteiger partial charge in [-0.25, -0.2) is 9.97 Å². The van der Waals surface area contributed by atoms with E-state index >= 15 is 0 Å². The third kappa shape index (κ3) is 4.78. The molecule has 0 unspecified atom stereocenters. The Bertz CT molecular complexity index is 723. The largest absolute Gasteiger partial charge is 0.460 e. The monoisotopic (exact) mass is 343 g/mol. The lowest BCUT2D eigenvalue weighted by Gasteiger charge is -2.33. The number of carbonyl (C=O) groups excluding carboxylic acids is 1. The third-order valence-electron chi connectivity index (χ3n) is 4.33. The predicted octanol–water partition coefficient (Wildman–Crippen LogP) is 1.97. The van der Waals surface area contributed by atoms with Crippen LogP contribution < -0.4 is 4.90 Å². The van der Waals surface area contributed by atoms with Gasteiger partial charge in [0.2, 0.25) is 0 Å². The van der Waals surface area contributed by atoms with Crippen LogP contribution in [0.2, 0.25) is 0 Å². The van der Waals surface area contributed by atoms with Gasteiger partial charge in [-0.2, -0.15) is 5.10 Å². The molecule has 1 saturated heterocycles. The van der Waals surface area contributed by atoms with Gasteiger partial charge >= 0.3 is 5.97 Å². The second kappa shape index (κ2) is 7.63. The molecule has 1 aliphatic rings. The van der Waals surface area contributed by atoms with E-state index in [9.17, 15) is 4.79 Å². The molecule has 1 aliphatic heterocycles. The van der Waals surface area contributed by atoms with Crippen molar-refractivity contribution < 1.29 is 9.53 Å². The standard InChI is InChI=1S/C18H25N5O2/c1-13-9-17(21-14(2)20-13)23-8-4-5-16(12-23)25-18(24)7-6-15-10-19-22(3)11-15/h9-11,16H,4-8,12H2,1-3H3/t16-/m1/s1. The summed E-state index contributed by atoms with van der Waals surface area (Å²) in [7, 11) is 1.87.